The van der Waals surface area contributed by atoms with E-state index < -0.39 is 0 Å². The highest BCUT2D eigenvalue weighted by Crippen LogP contribution is 2.37. The third kappa shape index (κ3) is 2.89. The van der Waals surface area contributed by atoms with Crippen molar-refractivity contribution in [3.8, 4) is 5.75 Å². The van der Waals surface area contributed by atoms with Crippen LogP contribution in [0.3, 0.4) is 0 Å². The molecule has 3 rings (SSSR count). The molecule has 1 amide bonds. The van der Waals surface area contributed by atoms with Gasteiger partial charge >= 0.3 is 0 Å². The minimum absolute atomic E-state index is 0.0951. The van der Waals surface area contributed by atoms with Gasteiger partial charge in [0.05, 0.1) is 18.0 Å². The standard InChI is InChI=1S/C14H15N3O2S2/c1-9-15-16-14(20-9)21-12-7-8-17(13(12)18)10-5-3-4-6-11(10)19-2/h3-6,12H,7-8H2,1-2H3. The molecule has 5 nitrogen and oxygen atoms in total. The van der Waals surface area contributed by atoms with E-state index in [4.69, 9.17) is 4.74 Å². The molecule has 2 aromatic rings. The monoisotopic (exact) mass is 321 g/mol. The summed E-state index contributed by atoms with van der Waals surface area (Å²) in [4.78, 5) is 14.4. The van der Waals surface area contributed by atoms with E-state index in [1.807, 2.05) is 31.2 Å². The number of anilines is 1. The zero-order valence-electron chi connectivity index (χ0n) is 11.8. The lowest BCUT2D eigenvalue weighted by Gasteiger charge is -2.19. The molecule has 1 atom stereocenters. The Hall–Kier alpha value is -1.60. The van der Waals surface area contributed by atoms with Crippen LogP contribution in [-0.2, 0) is 4.79 Å². The van der Waals surface area contributed by atoms with Gasteiger partial charge in [-0.05, 0) is 25.5 Å². The van der Waals surface area contributed by atoms with Crippen LogP contribution in [0.25, 0.3) is 0 Å². The van der Waals surface area contributed by atoms with Gasteiger partial charge in [0.15, 0.2) is 4.34 Å². The van der Waals surface area contributed by atoms with Crippen LogP contribution in [0.5, 0.6) is 5.75 Å². The van der Waals surface area contributed by atoms with Gasteiger partial charge in [-0.15, -0.1) is 10.2 Å². The Balaban J connectivity index is 1.77. The minimum atomic E-state index is -0.0951. The lowest BCUT2D eigenvalue weighted by atomic mass is 10.2. The molecule has 1 aliphatic heterocycles. The summed E-state index contributed by atoms with van der Waals surface area (Å²) < 4.78 is 6.20. The fourth-order valence-corrected chi connectivity index (χ4v) is 4.40. The van der Waals surface area contributed by atoms with Crippen molar-refractivity contribution >= 4 is 34.7 Å². The SMILES string of the molecule is COc1ccccc1N1CCC(Sc2nnc(C)s2)C1=O. The summed E-state index contributed by atoms with van der Waals surface area (Å²) >= 11 is 3.03. The Morgan fingerprint density at radius 2 is 2.19 bits per heavy atom. The van der Waals surface area contributed by atoms with Gasteiger partial charge in [0.2, 0.25) is 5.91 Å². The van der Waals surface area contributed by atoms with Gasteiger partial charge in [0.1, 0.15) is 10.8 Å². The molecule has 1 aromatic heterocycles. The van der Waals surface area contributed by atoms with Crippen LogP contribution in [0.4, 0.5) is 5.69 Å². The molecule has 21 heavy (non-hydrogen) atoms. The van der Waals surface area contributed by atoms with Crippen molar-refractivity contribution in [2.24, 2.45) is 0 Å². The first-order valence-corrected chi connectivity index (χ1v) is 8.30. The lowest BCUT2D eigenvalue weighted by molar-refractivity contribution is -0.116. The smallest absolute Gasteiger partial charge is 0.240 e. The Labute approximate surface area is 131 Å². The second kappa shape index (κ2) is 6.03. The number of amides is 1. The molecule has 0 spiro atoms. The quantitative estimate of drug-likeness (QED) is 0.866. The lowest BCUT2D eigenvalue weighted by Crippen LogP contribution is -2.28. The molecule has 1 aromatic carbocycles. The van der Waals surface area contributed by atoms with E-state index in [1.165, 1.54) is 23.1 Å². The van der Waals surface area contributed by atoms with Crippen molar-refractivity contribution in [2.75, 3.05) is 18.6 Å². The molecule has 1 unspecified atom stereocenters. The molecule has 0 radical (unpaired) electrons. The Kier molecular flexibility index (Phi) is 4.12. The van der Waals surface area contributed by atoms with E-state index in [0.29, 0.717) is 6.54 Å². The zero-order valence-corrected chi connectivity index (χ0v) is 13.4. The Morgan fingerprint density at radius 3 is 2.90 bits per heavy atom. The molecule has 7 heteroatoms. The van der Waals surface area contributed by atoms with Crippen LogP contribution in [0.15, 0.2) is 28.6 Å². The molecule has 1 aliphatic rings. The number of aryl methyl sites for hydroxylation is 1. The summed E-state index contributed by atoms with van der Waals surface area (Å²) in [6.07, 6.45) is 0.806. The second-order valence-electron chi connectivity index (χ2n) is 4.64. The Bertz CT molecular complexity index is 659. The van der Waals surface area contributed by atoms with Crippen LogP contribution in [0.2, 0.25) is 0 Å². The van der Waals surface area contributed by atoms with E-state index in [1.54, 1.807) is 12.0 Å². The summed E-state index contributed by atoms with van der Waals surface area (Å²) in [7, 11) is 1.62. The van der Waals surface area contributed by atoms with Gasteiger partial charge in [-0.3, -0.25) is 4.79 Å². The molecule has 1 saturated heterocycles. The van der Waals surface area contributed by atoms with Crippen molar-refractivity contribution in [3.63, 3.8) is 0 Å². The summed E-state index contributed by atoms with van der Waals surface area (Å²) in [5.74, 6) is 0.834. The second-order valence-corrected chi connectivity index (χ2v) is 7.28. The fourth-order valence-electron chi connectivity index (χ4n) is 2.30. The number of aromatic nitrogens is 2. The molecule has 0 bridgehead atoms. The van der Waals surface area contributed by atoms with Crippen LogP contribution >= 0.6 is 23.1 Å². The minimum Gasteiger partial charge on any atom is -0.495 e. The number of carbonyl (C=O) groups excluding carboxylic acids is 1. The average molecular weight is 321 g/mol. The number of ether oxygens (including phenoxy) is 1. The summed E-state index contributed by atoms with van der Waals surface area (Å²) in [5, 5.41) is 8.90. The first kappa shape index (κ1) is 14.3. The highest BCUT2D eigenvalue weighted by molar-refractivity contribution is 8.02. The number of thioether (sulfide) groups is 1. The number of carbonyl (C=O) groups is 1. The number of benzene rings is 1. The molecule has 0 N–H and O–H groups in total. The van der Waals surface area contributed by atoms with Crippen LogP contribution in [0, 0.1) is 6.92 Å². The molecule has 0 saturated carbocycles. The van der Waals surface area contributed by atoms with Gasteiger partial charge in [-0.25, -0.2) is 0 Å². The van der Waals surface area contributed by atoms with Crippen LogP contribution in [0.1, 0.15) is 11.4 Å². The van der Waals surface area contributed by atoms with Gasteiger partial charge in [-0.2, -0.15) is 0 Å². The van der Waals surface area contributed by atoms with Crippen LogP contribution < -0.4 is 9.64 Å². The molecule has 2 heterocycles. The highest BCUT2D eigenvalue weighted by atomic mass is 32.2. The van der Waals surface area contributed by atoms with E-state index in [9.17, 15) is 4.79 Å². The number of hydrogen-bond donors (Lipinski definition) is 0. The third-order valence-corrected chi connectivity index (χ3v) is 5.46. The summed E-state index contributed by atoms with van der Waals surface area (Å²) in [6, 6.07) is 7.61. The largest absolute Gasteiger partial charge is 0.495 e. The topological polar surface area (TPSA) is 55.3 Å². The number of para-hydroxylation sites is 2. The van der Waals surface area contributed by atoms with E-state index in [2.05, 4.69) is 10.2 Å². The van der Waals surface area contributed by atoms with Crippen molar-refractivity contribution in [3.05, 3.63) is 29.3 Å². The third-order valence-electron chi connectivity index (χ3n) is 3.28. The van der Waals surface area contributed by atoms with E-state index in [0.717, 1.165) is 27.2 Å². The first-order valence-electron chi connectivity index (χ1n) is 6.60. The maximum absolute atomic E-state index is 12.6. The predicted molar refractivity (Wildman–Crippen MR) is 84.3 cm³/mol. The summed E-state index contributed by atoms with van der Waals surface area (Å²) in [5.41, 5.74) is 0.835. The first-order chi connectivity index (χ1) is 10.2. The average Bonchev–Trinajstić information content (AvgIpc) is 3.06. The van der Waals surface area contributed by atoms with E-state index >= 15 is 0 Å². The zero-order chi connectivity index (χ0) is 14.8. The van der Waals surface area contributed by atoms with Gasteiger partial charge in [-0.1, -0.05) is 35.2 Å². The molecular weight excluding hydrogens is 306 g/mol. The number of rotatable bonds is 4. The maximum atomic E-state index is 12.6. The van der Waals surface area contributed by atoms with Crippen molar-refractivity contribution in [1.29, 1.82) is 0 Å². The van der Waals surface area contributed by atoms with Crippen molar-refractivity contribution in [1.82, 2.24) is 10.2 Å². The number of methoxy groups -OCH3 is 1. The fraction of sp³-hybridized carbons (Fsp3) is 0.357. The predicted octanol–water partition coefficient (Wildman–Crippen LogP) is 2.75. The normalized spacial score (nSPS) is 18.3. The van der Waals surface area contributed by atoms with Gasteiger partial charge in [0.25, 0.3) is 0 Å². The van der Waals surface area contributed by atoms with Crippen LogP contribution in [-0.4, -0.2) is 35.0 Å². The number of hydrogen-bond acceptors (Lipinski definition) is 6. The summed E-state index contributed by atoms with van der Waals surface area (Å²) in [6.45, 7) is 2.62. The highest BCUT2D eigenvalue weighted by Gasteiger charge is 2.35. The Morgan fingerprint density at radius 1 is 1.38 bits per heavy atom. The van der Waals surface area contributed by atoms with Gasteiger partial charge < -0.3 is 9.64 Å². The molecular formula is C14H15N3O2S2. The molecule has 110 valence electrons. The molecule has 0 aliphatic carbocycles. The van der Waals surface area contributed by atoms with Gasteiger partial charge in [0, 0.05) is 6.54 Å². The van der Waals surface area contributed by atoms with Crippen molar-refractivity contribution < 1.29 is 9.53 Å². The van der Waals surface area contributed by atoms with E-state index in [-0.39, 0.29) is 11.2 Å². The number of nitrogens with zero attached hydrogens (tertiary/aromatic N) is 3. The van der Waals surface area contributed by atoms with Crippen molar-refractivity contribution in [2.45, 2.75) is 22.9 Å². The maximum Gasteiger partial charge on any atom is 0.240 e. The molecule has 1 fully saturated rings.